The SMILES string of the molecule is Cc1nnc(SCC2=C(C(=O)O)N3C(=O)[C@H](NC(=O)Cc4ccc(F)cc4)[C@H]3SC2)s1. The zero-order valence-corrected chi connectivity index (χ0v) is 18.7. The van der Waals surface area contributed by atoms with Gasteiger partial charge in [-0.2, -0.15) is 0 Å². The fourth-order valence-electron chi connectivity index (χ4n) is 3.29. The molecule has 2 aromatic rings. The maximum absolute atomic E-state index is 13.0. The number of aromatic nitrogens is 2. The molecule has 0 aliphatic carbocycles. The van der Waals surface area contributed by atoms with Crippen LogP contribution < -0.4 is 5.32 Å². The number of fused-ring (bicyclic) bond motifs is 1. The molecule has 12 heteroatoms. The van der Waals surface area contributed by atoms with Crippen LogP contribution >= 0.6 is 34.9 Å². The number of aliphatic carboxylic acids is 1. The summed E-state index contributed by atoms with van der Waals surface area (Å²) < 4.78 is 13.7. The van der Waals surface area contributed by atoms with E-state index in [1.807, 2.05) is 6.92 Å². The molecule has 4 rings (SSSR count). The Balaban J connectivity index is 1.42. The maximum atomic E-state index is 13.0. The van der Waals surface area contributed by atoms with Crippen LogP contribution in [-0.4, -0.2) is 60.9 Å². The molecule has 8 nitrogen and oxygen atoms in total. The van der Waals surface area contributed by atoms with Crippen LogP contribution in [0.3, 0.4) is 0 Å². The van der Waals surface area contributed by atoms with E-state index in [9.17, 15) is 23.9 Å². The molecular formula is C19H17FN4O4S3. The molecule has 1 aromatic heterocycles. The molecule has 2 amide bonds. The number of thioether (sulfide) groups is 2. The first kappa shape index (κ1) is 21.8. The minimum absolute atomic E-state index is 0.00618. The van der Waals surface area contributed by atoms with Gasteiger partial charge in [-0.15, -0.1) is 22.0 Å². The quantitative estimate of drug-likeness (QED) is 0.458. The highest BCUT2D eigenvalue weighted by atomic mass is 32.2. The number of carbonyl (C=O) groups is 3. The topological polar surface area (TPSA) is 112 Å². The van der Waals surface area contributed by atoms with Crippen molar-refractivity contribution in [3.8, 4) is 0 Å². The Hall–Kier alpha value is -2.44. The van der Waals surface area contributed by atoms with Crippen molar-refractivity contribution in [3.05, 3.63) is 51.9 Å². The van der Waals surface area contributed by atoms with Crippen LogP contribution in [-0.2, 0) is 20.8 Å². The highest BCUT2D eigenvalue weighted by Crippen LogP contribution is 2.41. The number of halogens is 1. The van der Waals surface area contributed by atoms with Crippen molar-refractivity contribution >= 4 is 52.6 Å². The molecular weight excluding hydrogens is 463 g/mol. The first-order chi connectivity index (χ1) is 14.8. The minimum Gasteiger partial charge on any atom is -0.477 e. The second-order valence-electron chi connectivity index (χ2n) is 6.89. The lowest BCUT2D eigenvalue weighted by atomic mass is 10.0. The van der Waals surface area contributed by atoms with Gasteiger partial charge in [0.15, 0.2) is 4.34 Å². The van der Waals surface area contributed by atoms with Crippen LogP contribution in [0.2, 0.25) is 0 Å². The van der Waals surface area contributed by atoms with E-state index in [0.717, 1.165) is 9.35 Å². The van der Waals surface area contributed by atoms with Gasteiger partial charge < -0.3 is 10.4 Å². The number of rotatable bonds is 7. The number of benzene rings is 1. The summed E-state index contributed by atoms with van der Waals surface area (Å²) in [6.45, 7) is 1.84. The number of carboxylic acids is 1. The average molecular weight is 481 g/mol. The number of amides is 2. The maximum Gasteiger partial charge on any atom is 0.352 e. The minimum atomic E-state index is -1.17. The van der Waals surface area contributed by atoms with Crippen molar-refractivity contribution in [1.82, 2.24) is 20.4 Å². The standard InChI is InChI=1S/C19H17FN4O4S3/c1-9-22-23-19(31-9)30-8-11-7-29-17-14(16(26)24(17)15(11)18(27)28)21-13(25)6-10-2-4-12(20)5-3-10/h2-5,14,17H,6-8H2,1H3,(H,21,25)(H,27,28)/t14-,17+/m0/s1. The summed E-state index contributed by atoms with van der Waals surface area (Å²) >= 11 is 4.23. The van der Waals surface area contributed by atoms with E-state index in [1.165, 1.54) is 64.0 Å². The van der Waals surface area contributed by atoms with E-state index in [2.05, 4.69) is 15.5 Å². The van der Waals surface area contributed by atoms with Gasteiger partial charge in [-0.1, -0.05) is 35.2 Å². The number of hydrogen-bond acceptors (Lipinski definition) is 8. The van der Waals surface area contributed by atoms with Crippen molar-refractivity contribution in [2.45, 2.75) is 29.1 Å². The molecule has 2 aliphatic heterocycles. The van der Waals surface area contributed by atoms with E-state index < -0.39 is 29.1 Å². The Labute approximate surface area is 189 Å². The van der Waals surface area contributed by atoms with Crippen LogP contribution in [0, 0.1) is 12.7 Å². The zero-order valence-electron chi connectivity index (χ0n) is 16.2. The monoisotopic (exact) mass is 480 g/mol. The molecule has 162 valence electrons. The van der Waals surface area contributed by atoms with Crippen LogP contribution in [0.15, 0.2) is 39.9 Å². The molecule has 0 spiro atoms. The number of nitrogens with zero attached hydrogens (tertiary/aromatic N) is 3. The molecule has 0 bridgehead atoms. The van der Waals surface area contributed by atoms with E-state index in [4.69, 9.17) is 0 Å². The molecule has 31 heavy (non-hydrogen) atoms. The van der Waals surface area contributed by atoms with Crippen molar-refractivity contribution in [2.75, 3.05) is 11.5 Å². The van der Waals surface area contributed by atoms with Crippen molar-refractivity contribution in [1.29, 1.82) is 0 Å². The zero-order chi connectivity index (χ0) is 22.1. The molecule has 2 N–H and O–H groups in total. The number of β-lactam (4-membered cyclic amide) rings is 1. The van der Waals surface area contributed by atoms with Crippen LogP contribution in [0.25, 0.3) is 0 Å². The third-order valence-corrected chi connectivity index (χ3v) is 8.12. The second kappa shape index (κ2) is 8.97. The van der Waals surface area contributed by atoms with Gasteiger partial charge in [0, 0.05) is 11.5 Å². The first-order valence-electron chi connectivity index (χ1n) is 9.20. The summed E-state index contributed by atoms with van der Waals surface area (Å²) in [5.41, 5.74) is 1.23. The molecule has 1 aromatic carbocycles. The summed E-state index contributed by atoms with van der Waals surface area (Å²) in [6.07, 6.45) is 0.00618. The van der Waals surface area contributed by atoms with Gasteiger partial charge in [0.25, 0.3) is 5.91 Å². The van der Waals surface area contributed by atoms with Gasteiger partial charge in [-0.05, 0) is 30.2 Å². The summed E-state index contributed by atoms with van der Waals surface area (Å²) in [6, 6.07) is 4.76. The second-order valence-corrected chi connectivity index (χ2v) is 10.4. The Bertz CT molecular complexity index is 1070. The van der Waals surface area contributed by atoms with E-state index in [0.29, 0.717) is 22.6 Å². The Morgan fingerprint density at radius 3 is 2.71 bits per heavy atom. The smallest absolute Gasteiger partial charge is 0.352 e. The van der Waals surface area contributed by atoms with Crippen molar-refractivity contribution in [3.63, 3.8) is 0 Å². The van der Waals surface area contributed by atoms with Gasteiger partial charge in [0.1, 0.15) is 27.9 Å². The molecule has 1 fully saturated rings. The predicted molar refractivity (Wildman–Crippen MR) is 115 cm³/mol. The summed E-state index contributed by atoms with van der Waals surface area (Å²) in [5, 5.41) is 20.7. The highest BCUT2D eigenvalue weighted by molar-refractivity contribution is 8.01. The fourth-order valence-corrected chi connectivity index (χ4v) is 6.59. The van der Waals surface area contributed by atoms with Gasteiger partial charge >= 0.3 is 5.97 Å². The van der Waals surface area contributed by atoms with Crippen LogP contribution in [0.5, 0.6) is 0 Å². The molecule has 0 radical (unpaired) electrons. The van der Waals surface area contributed by atoms with Gasteiger partial charge in [-0.3, -0.25) is 14.5 Å². The first-order valence-corrected chi connectivity index (χ1v) is 12.1. The largest absolute Gasteiger partial charge is 0.477 e. The summed E-state index contributed by atoms with van der Waals surface area (Å²) in [4.78, 5) is 38.2. The molecule has 2 aliphatic rings. The lowest BCUT2D eigenvalue weighted by Gasteiger charge is -2.49. The summed E-state index contributed by atoms with van der Waals surface area (Å²) in [7, 11) is 0. The van der Waals surface area contributed by atoms with Crippen LogP contribution in [0.1, 0.15) is 10.6 Å². The molecule has 1 saturated heterocycles. The average Bonchev–Trinajstić information content (AvgIpc) is 3.16. The molecule has 0 unspecified atom stereocenters. The number of hydrogen-bond donors (Lipinski definition) is 2. The van der Waals surface area contributed by atoms with Gasteiger partial charge in [0.05, 0.1) is 6.42 Å². The number of nitrogens with one attached hydrogen (secondary N) is 1. The predicted octanol–water partition coefficient (Wildman–Crippen LogP) is 2.06. The molecule has 0 saturated carbocycles. The fraction of sp³-hybridized carbons (Fsp3) is 0.316. The van der Waals surface area contributed by atoms with Gasteiger partial charge in [-0.25, -0.2) is 9.18 Å². The number of carbonyl (C=O) groups excluding carboxylic acids is 2. The van der Waals surface area contributed by atoms with Crippen molar-refractivity contribution in [2.24, 2.45) is 0 Å². The molecule has 2 atom stereocenters. The van der Waals surface area contributed by atoms with E-state index in [-0.39, 0.29) is 18.0 Å². The van der Waals surface area contributed by atoms with E-state index in [1.54, 1.807) is 0 Å². The Morgan fingerprint density at radius 2 is 2.06 bits per heavy atom. The number of aryl methyl sites for hydroxylation is 1. The van der Waals surface area contributed by atoms with Crippen molar-refractivity contribution < 1.29 is 23.9 Å². The highest BCUT2D eigenvalue weighted by Gasteiger charge is 2.54. The van der Waals surface area contributed by atoms with Gasteiger partial charge in [0.2, 0.25) is 5.91 Å². The Morgan fingerprint density at radius 1 is 1.32 bits per heavy atom. The van der Waals surface area contributed by atoms with Crippen LogP contribution in [0.4, 0.5) is 4.39 Å². The van der Waals surface area contributed by atoms with E-state index >= 15 is 0 Å². The third-order valence-electron chi connectivity index (χ3n) is 4.72. The normalized spacial score (nSPS) is 20.3. The number of carboxylic acid groups (broad SMARTS) is 1. The summed E-state index contributed by atoms with van der Waals surface area (Å²) in [5.74, 6) is -1.56. The third kappa shape index (κ3) is 4.60. The lowest BCUT2D eigenvalue weighted by Crippen LogP contribution is -2.70. The Kier molecular flexibility index (Phi) is 6.30. The lowest BCUT2D eigenvalue weighted by molar-refractivity contribution is -0.150. The molecule has 3 heterocycles.